The second kappa shape index (κ2) is 6.27. The number of urea groups is 1. The average molecular weight is 276 g/mol. The summed E-state index contributed by atoms with van der Waals surface area (Å²) in [5.41, 5.74) is 1.88. The van der Waals surface area contributed by atoms with Gasteiger partial charge in [-0.3, -0.25) is 0 Å². The van der Waals surface area contributed by atoms with E-state index in [1.165, 1.54) is 6.20 Å². The number of hydrogen-bond acceptors (Lipinski definition) is 3. The van der Waals surface area contributed by atoms with Crippen LogP contribution < -0.4 is 10.6 Å². The van der Waals surface area contributed by atoms with Crippen LogP contribution in [0.25, 0.3) is 11.0 Å². The molecular formula is C14H20N4O2. The number of aryl methyl sites for hydroxylation is 1. The van der Waals surface area contributed by atoms with Crippen molar-refractivity contribution < 1.29 is 9.90 Å². The van der Waals surface area contributed by atoms with Crippen molar-refractivity contribution in [3.8, 4) is 5.75 Å². The van der Waals surface area contributed by atoms with E-state index in [9.17, 15) is 9.90 Å². The molecule has 0 radical (unpaired) electrons. The fourth-order valence-electron chi connectivity index (χ4n) is 2.14. The lowest BCUT2D eigenvalue weighted by Crippen LogP contribution is -2.36. The number of carbonyl (C=O) groups excluding carboxylic acids is 1. The smallest absolute Gasteiger partial charge is 0.314 e. The molecule has 0 saturated carbocycles. The van der Waals surface area contributed by atoms with Crippen molar-refractivity contribution >= 4 is 17.1 Å². The molecule has 108 valence electrons. The molecule has 3 N–H and O–H groups in total. The molecule has 0 spiro atoms. The highest BCUT2D eigenvalue weighted by molar-refractivity contribution is 5.81. The predicted octanol–water partition coefficient (Wildman–Crippen LogP) is 1.53. The monoisotopic (exact) mass is 276 g/mol. The summed E-state index contributed by atoms with van der Waals surface area (Å²) < 4.78 is 1.92. The first kappa shape index (κ1) is 14.2. The Bertz CT molecular complexity index is 606. The second-order valence-corrected chi connectivity index (χ2v) is 4.76. The third kappa shape index (κ3) is 3.20. The number of fused-ring (bicyclic) bond motifs is 1. The Hall–Kier alpha value is -2.24. The fraction of sp³-hybridized carbons (Fsp3) is 0.429. The minimum Gasteiger partial charge on any atom is -0.506 e. The van der Waals surface area contributed by atoms with E-state index in [1.807, 2.05) is 24.7 Å². The van der Waals surface area contributed by atoms with E-state index >= 15 is 0 Å². The fourth-order valence-corrected chi connectivity index (χ4v) is 2.14. The standard InChI is InChI=1S/C14H20N4O2/c1-3-5-15-14(20)16-6-4-10-9-18(2)13-12(10)7-11(19)8-17-13/h7-9,19H,3-6H2,1-2H3,(H2,15,16,20). The molecule has 0 aliphatic carbocycles. The van der Waals surface area contributed by atoms with Crippen LogP contribution in [0.5, 0.6) is 5.75 Å². The normalized spacial score (nSPS) is 10.7. The van der Waals surface area contributed by atoms with Gasteiger partial charge in [-0.25, -0.2) is 9.78 Å². The third-order valence-corrected chi connectivity index (χ3v) is 3.10. The maximum Gasteiger partial charge on any atom is 0.314 e. The first-order valence-electron chi connectivity index (χ1n) is 6.76. The van der Waals surface area contributed by atoms with Crippen molar-refractivity contribution in [2.24, 2.45) is 7.05 Å². The molecule has 0 bridgehead atoms. The quantitative estimate of drug-likeness (QED) is 0.775. The minimum atomic E-state index is -0.145. The molecule has 20 heavy (non-hydrogen) atoms. The summed E-state index contributed by atoms with van der Waals surface area (Å²) in [6.45, 7) is 3.23. The van der Waals surface area contributed by atoms with E-state index < -0.39 is 0 Å². The van der Waals surface area contributed by atoms with Gasteiger partial charge in [0.15, 0.2) is 0 Å². The third-order valence-electron chi connectivity index (χ3n) is 3.10. The lowest BCUT2D eigenvalue weighted by atomic mass is 10.1. The van der Waals surface area contributed by atoms with Gasteiger partial charge in [-0.2, -0.15) is 0 Å². The van der Waals surface area contributed by atoms with Gasteiger partial charge in [0.05, 0.1) is 6.20 Å². The van der Waals surface area contributed by atoms with Crippen LogP contribution >= 0.6 is 0 Å². The van der Waals surface area contributed by atoms with Crippen molar-refractivity contribution in [2.45, 2.75) is 19.8 Å². The van der Waals surface area contributed by atoms with Gasteiger partial charge in [-0.1, -0.05) is 6.92 Å². The first-order chi connectivity index (χ1) is 9.61. The minimum absolute atomic E-state index is 0.145. The Balaban J connectivity index is 2.00. The van der Waals surface area contributed by atoms with Gasteiger partial charge in [-0.05, 0) is 24.5 Å². The highest BCUT2D eigenvalue weighted by atomic mass is 16.3. The molecule has 2 aromatic heterocycles. The van der Waals surface area contributed by atoms with Gasteiger partial charge < -0.3 is 20.3 Å². The van der Waals surface area contributed by atoms with Gasteiger partial charge in [0, 0.05) is 31.7 Å². The second-order valence-electron chi connectivity index (χ2n) is 4.76. The Kier molecular flexibility index (Phi) is 4.45. The molecule has 0 fully saturated rings. The van der Waals surface area contributed by atoms with Gasteiger partial charge in [0.2, 0.25) is 0 Å². The van der Waals surface area contributed by atoms with Crippen LogP contribution in [-0.2, 0) is 13.5 Å². The summed E-state index contributed by atoms with van der Waals surface area (Å²) in [5, 5.41) is 16.0. The van der Waals surface area contributed by atoms with Crippen molar-refractivity contribution in [1.82, 2.24) is 20.2 Å². The average Bonchev–Trinajstić information content (AvgIpc) is 2.73. The molecule has 6 heteroatoms. The van der Waals surface area contributed by atoms with Crippen LogP contribution in [0.1, 0.15) is 18.9 Å². The van der Waals surface area contributed by atoms with Crippen molar-refractivity contribution in [1.29, 1.82) is 0 Å². The number of nitrogens with zero attached hydrogens (tertiary/aromatic N) is 2. The van der Waals surface area contributed by atoms with E-state index in [0.717, 1.165) is 23.0 Å². The highest BCUT2D eigenvalue weighted by Gasteiger charge is 2.09. The summed E-state index contributed by atoms with van der Waals surface area (Å²) in [5.74, 6) is 0.151. The van der Waals surface area contributed by atoms with Gasteiger partial charge >= 0.3 is 6.03 Å². The van der Waals surface area contributed by atoms with Crippen molar-refractivity contribution in [3.63, 3.8) is 0 Å². The van der Waals surface area contributed by atoms with Gasteiger partial charge in [-0.15, -0.1) is 0 Å². The van der Waals surface area contributed by atoms with Gasteiger partial charge in [0.25, 0.3) is 0 Å². The van der Waals surface area contributed by atoms with E-state index in [-0.39, 0.29) is 11.8 Å². The largest absolute Gasteiger partial charge is 0.506 e. The zero-order valence-electron chi connectivity index (χ0n) is 11.8. The first-order valence-corrected chi connectivity index (χ1v) is 6.76. The Morgan fingerprint density at radius 3 is 2.90 bits per heavy atom. The summed E-state index contributed by atoms with van der Waals surface area (Å²) >= 11 is 0. The number of amides is 2. The number of pyridine rings is 1. The SMILES string of the molecule is CCCNC(=O)NCCc1cn(C)c2ncc(O)cc12. The van der Waals surface area contributed by atoms with Crippen LogP contribution in [-0.4, -0.2) is 33.8 Å². The van der Waals surface area contributed by atoms with Crippen LogP contribution in [0.15, 0.2) is 18.5 Å². The maximum absolute atomic E-state index is 11.4. The number of carbonyl (C=O) groups is 1. The van der Waals surface area contributed by atoms with Crippen LogP contribution in [0, 0.1) is 0 Å². The topological polar surface area (TPSA) is 79.2 Å². The van der Waals surface area contributed by atoms with Gasteiger partial charge in [0.1, 0.15) is 11.4 Å². The summed E-state index contributed by atoms with van der Waals surface area (Å²) in [6.07, 6.45) is 5.02. The van der Waals surface area contributed by atoms with Crippen molar-refractivity contribution in [2.75, 3.05) is 13.1 Å². The van der Waals surface area contributed by atoms with Crippen LogP contribution in [0.2, 0.25) is 0 Å². The number of aromatic hydroxyl groups is 1. The molecular weight excluding hydrogens is 256 g/mol. The summed E-state index contributed by atoms with van der Waals surface area (Å²) in [4.78, 5) is 15.6. The molecule has 0 aliphatic heterocycles. The highest BCUT2D eigenvalue weighted by Crippen LogP contribution is 2.22. The maximum atomic E-state index is 11.4. The summed E-state index contributed by atoms with van der Waals surface area (Å²) in [6, 6.07) is 1.56. The molecule has 0 saturated heterocycles. The lowest BCUT2D eigenvalue weighted by Gasteiger charge is -2.06. The molecule has 2 amide bonds. The summed E-state index contributed by atoms with van der Waals surface area (Å²) in [7, 11) is 1.91. The number of rotatable bonds is 5. The molecule has 0 atom stereocenters. The van der Waals surface area contributed by atoms with E-state index in [1.54, 1.807) is 6.07 Å². The Morgan fingerprint density at radius 1 is 1.40 bits per heavy atom. The van der Waals surface area contributed by atoms with Crippen LogP contribution in [0.3, 0.4) is 0 Å². The Labute approximate surface area is 117 Å². The molecule has 0 unspecified atom stereocenters. The van der Waals surface area contributed by atoms with E-state index in [2.05, 4.69) is 15.6 Å². The predicted molar refractivity (Wildman–Crippen MR) is 77.8 cm³/mol. The zero-order valence-corrected chi connectivity index (χ0v) is 11.8. The van der Waals surface area contributed by atoms with Crippen LogP contribution in [0.4, 0.5) is 4.79 Å². The number of nitrogens with one attached hydrogen (secondary N) is 2. The Morgan fingerprint density at radius 2 is 2.15 bits per heavy atom. The number of hydrogen-bond donors (Lipinski definition) is 3. The molecule has 2 heterocycles. The molecule has 0 aliphatic rings. The lowest BCUT2D eigenvalue weighted by molar-refractivity contribution is 0.241. The zero-order chi connectivity index (χ0) is 14.5. The molecule has 0 aromatic carbocycles. The van der Waals surface area contributed by atoms with Crippen molar-refractivity contribution in [3.05, 3.63) is 24.0 Å². The molecule has 6 nitrogen and oxygen atoms in total. The number of aromatic nitrogens is 2. The molecule has 2 rings (SSSR count). The van der Waals surface area contributed by atoms with E-state index in [0.29, 0.717) is 19.5 Å². The van der Waals surface area contributed by atoms with E-state index in [4.69, 9.17) is 0 Å². The molecule has 2 aromatic rings.